The quantitative estimate of drug-likeness (QED) is 0.0345. The third-order valence-corrected chi connectivity index (χ3v) is 5.40. The Hall–Kier alpha value is -4.89. The Morgan fingerprint density at radius 1 is 0.789 bits per heavy atom. The lowest BCUT2D eigenvalue weighted by Crippen LogP contribution is -2.16. The Bertz CT molecular complexity index is 1530. The summed E-state index contributed by atoms with van der Waals surface area (Å²) in [7, 11) is 0. The first-order valence-corrected chi connectivity index (χ1v) is 11.0. The first-order valence-electron chi connectivity index (χ1n) is 11.0. The lowest BCUT2D eigenvalue weighted by molar-refractivity contribution is -0.134. The maximum atomic E-state index is 13.9. The molecule has 11 heteroatoms. The third kappa shape index (κ3) is 5.58. The fourth-order valence-corrected chi connectivity index (χ4v) is 3.62. The summed E-state index contributed by atoms with van der Waals surface area (Å²) in [5.74, 6) is -13.9. The van der Waals surface area contributed by atoms with Gasteiger partial charge in [-0.1, -0.05) is 65.8 Å². The monoisotopic (exact) mass is 525 g/mol. The molecule has 0 unspecified atom stereocenters. The predicted molar refractivity (Wildman–Crippen MR) is 127 cm³/mol. The van der Waals surface area contributed by atoms with Crippen LogP contribution in [0.4, 0.5) is 27.6 Å². The van der Waals surface area contributed by atoms with E-state index in [0.29, 0.717) is 16.9 Å². The number of esters is 1. The van der Waals surface area contributed by atoms with Crippen molar-refractivity contribution in [3.8, 4) is 22.6 Å². The summed E-state index contributed by atoms with van der Waals surface area (Å²) in [5.41, 5.74) is 11.2. The molecule has 0 aliphatic heterocycles. The van der Waals surface area contributed by atoms with Gasteiger partial charge in [0, 0.05) is 10.6 Å². The van der Waals surface area contributed by atoms with Crippen molar-refractivity contribution in [3.63, 3.8) is 0 Å². The standard InChI is InChI=1S/C27H16F5N3O3/c28-22-23(29)25(31)27(26(32)24(22)30)38-21(36)12-16-8-4-5-9-18(16)19-11-10-17(13-20(19)34-35-33)37-14-15-6-2-1-3-7-15/h1-11,13H,12,14H2. The van der Waals surface area contributed by atoms with Crippen LogP contribution in [0, 0.1) is 29.1 Å². The summed E-state index contributed by atoms with van der Waals surface area (Å²) in [5, 5.41) is 3.70. The molecule has 0 N–H and O–H groups in total. The molecule has 0 saturated carbocycles. The number of nitrogens with zero attached hydrogens (tertiary/aromatic N) is 3. The molecule has 4 aromatic carbocycles. The van der Waals surface area contributed by atoms with Crippen LogP contribution in [0.15, 0.2) is 77.9 Å². The Balaban J connectivity index is 1.61. The minimum absolute atomic E-state index is 0.165. The minimum atomic E-state index is -2.37. The molecule has 0 amide bonds. The van der Waals surface area contributed by atoms with E-state index in [1.807, 2.05) is 30.3 Å². The van der Waals surface area contributed by atoms with Gasteiger partial charge in [-0.15, -0.1) is 0 Å². The molecule has 38 heavy (non-hydrogen) atoms. The van der Waals surface area contributed by atoms with Crippen LogP contribution in [0.2, 0.25) is 0 Å². The molecule has 0 atom stereocenters. The van der Waals surface area contributed by atoms with E-state index >= 15 is 0 Å². The van der Waals surface area contributed by atoms with Crippen molar-refractivity contribution in [1.29, 1.82) is 0 Å². The molecule has 0 aliphatic rings. The summed E-state index contributed by atoms with van der Waals surface area (Å²) < 4.78 is 78.4. The highest BCUT2D eigenvalue weighted by molar-refractivity contribution is 5.83. The van der Waals surface area contributed by atoms with Gasteiger partial charge in [-0.3, -0.25) is 4.79 Å². The zero-order valence-electron chi connectivity index (χ0n) is 19.3. The molecule has 0 heterocycles. The van der Waals surface area contributed by atoms with Crippen LogP contribution < -0.4 is 9.47 Å². The smallest absolute Gasteiger partial charge is 0.315 e. The van der Waals surface area contributed by atoms with Gasteiger partial charge in [-0.05, 0) is 39.9 Å². The largest absolute Gasteiger partial charge is 0.489 e. The van der Waals surface area contributed by atoms with Crippen LogP contribution >= 0.6 is 0 Å². The van der Waals surface area contributed by atoms with Crippen molar-refractivity contribution in [2.75, 3.05) is 0 Å². The first kappa shape index (κ1) is 26.2. The molecule has 0 aliphatic carbocycles. The SMILES string of the molecule is [N-]=[N+]=Nc1cc(OCc2ccccc2)ccc1-c1ccccc1CC(=O)Oc1c(F)c(F)c(F)c(F)c1F. The van der Waals surface area contributed by atoms with Crippen LogP contribution in [0.1, 0.15) is 11.1 Å². The molecule has 0 fully saturated rings. The van der Waals surface area contributed by atoms with E-state index in [9.17, 15) is 26.7 Å². The summed E-state index contributed by atoms with van der Waals surface area (Å²) in [4.78, 5) is 15.3. The molecule has 4 aromatic rings. The van der Waals surface area contributed by atoms with Crippen molar-refractivity contribution in [3.05, 3.63) is 123 Å². The van der Waals surface area contributed by atoms with Crippen molar-refractivity contribution in [2.24, 2.45) is 5.11 Å². The Labute approximate surface area is 212 Å². The van der Waals surface area contributed by atoms with Crippen LogP contribution in [0.3, 0.4) is 0 Å². The molecule has 0 bridgehead atoms. The predicted octanol–water partition coefficient (Wildman–Crippen LogP) is 7.72. The lowest BCUT2D eigenvalue weighted by Gasteiger charge is -2.14. The van der Waals surface area contributed by atoms with Crippen molar-refractivity contribution in [2.45, 2.75) is 13.0 Å². The van der Waals surface area contributed by atoms with Crippen molar-refractivity contribution >= 4 is 11.7 Å². The second-order valence-electron chi connectivity index (χ2n) is 7.85. The fraction of sp³-hybridized carbons (Fsp3) is 0.0741. The second-order valence-corrected chi connectivity index (χ2v) is 7.85. The number of azide groups is 1. The number of carbonyl (C=O) groups is 1. The molecule has 0 aromatic heterocycles. The average Bonchev–Trinajstić information content (AvgIpc) is 2.93. The van der Waals surface area contributed by atoms with Crippen molar-refractivity contribution < 1.29 is 36.2 Å². The Kier molecular flexibility index (Phi) is 7.88. The zero-order chi connectivity index (χ0) is 27.2. The number of benzene rings is 4. The molecular weight excluding hydrogens is 509 g/mol. The number of rotatable bonds is 8. The normalized spacial score (nSPS) is 10.6. The molecule has 6 nitrogen and oxygen atoms in total. The van der Waals surface area contributed by atoms with Crippen LogP contribution in [-0.4, -0.2) is 5.97 Å². The second kappa shape index (κ2) is 11.4. The van der Waals surface area contributed by atoms with E-state index in [4.69, 9.17) is 10.3 Å². The maximum absolute atomic E-state index is 13.9. The first-order chi connectivity index (χ1) is 18.3. The van der Waals surface area contributed by atoms with Gasteiger partial charge < -0.3 is 9.47 Å². The van der Waals surface area contributed by atoms with Gasteiger partial charge in [0.2, 0.25) is 34.8 Å². The highest BCUT2D eigenvalue weighted by atomic mass is 19.2. The molecule has 192 valence electrons. The molecule has 4 rings (SSSR count). The summed E-state index contributed by atoms with van der Waals surface area (Å²) in [6, 6.07) is 20.4. The van der Waals surface area contributed by atoms with Crippen LogP contribution in [0.25, 0.3) is 21.6 Å². The Morgan fingerprint density at radius 2 is 1.42 bits per heavy atom. The molecule has 0 spiro atoms. The van der Waals surface area contributed by atoms with Gasteiger partial charge in [-0.25, -0.2) is 13.2 Å². The van der Waals surface area contributed by atoms with Gasteiger partial charge in [0.1, 0.15) is 12.4 Å². The highest BCUT2D eigenvalue weighted by Crippen LogP contribution is 2.36. The Morgan fingerprint density at radius 3 is 2.11 bits per heavy atom. The van der Waals surface area contributed by atoms with Gasteiger partial charge in [0.15, 0.2) is 0 Å². The number of halogens is 5. The van der Waals surface area contributed by atoms with E-state index in [1.54, 1.807) is 30.3 Å². The number of hydrogen-bond donors (Lipinski definition) is 0. The third-order valence-electron chi connectivity index (χ3n) is 5.40. The molecular formula is C27H16F5N3O3. The van der Waals surface area contributed by atoms with Gasteiger partial charge in [0.05, 0.1) is 6.42 Å². The van der Waals surface area contributed by atoms with Gasteiger partial charge >= 0.3 is 5.97 Å². The highest BCUT2D eigenvalue weighted by Gasteiger charge is 2.28. The van der Waals surface area contributed by atoms with Crippen LogP contribution in [0.5, 0.6) is 11.5 Å². The van der Waals surface area contributed by atoms with E-state index in [2.05, 4.69) is 14.8 Å². The fourth-order valence-electron chi connectivity index (χ4n) is 3.62. The molecule has 0 radical (unpaired) electrons. The van der Waals surface area contributed by atoms with Gasteiger partial charge in [-0.2, -0.15) is 8.78 Å². The van der Waals surface area contributed by atoms with Crippen molar-refractivity contribution in [1.82, 2.24) is 0 Å². The average molecular weight is 525 g/mol. The number of ether oxygens (including phenoxy) is 2. The zero-order valence-corrected chi connectivity index (χ0v) is 19.3. The topological polar surface area (TPSA) is 84.3 Å². The van der Waals surface area contributed by atoms with E-state index in [1.165, 1.54) is 12.1 Å². The summed E-state index contributed by atoms with van der Waals surface area (Å²) >= 11 is 0. The summed E-state index contributed by atoms with van der Waals surface area (Å²) in [6.45, 7) is 0.260. The maximum Gasteiger partial charge on any atom is 0.315 e. The number of hydrogen-bond acceptors (Lipinski definition) is 4. The van der Waals surface area contributed by atoms with Crippen LogP contribution in [-0.2, 0) is 17.8 Å². The molecule has 0 saturated heterocycles. The number of carbonyl (C=O) groups excluding carboxylic acids is 1. The van der Waals surface area contributed by atoms with E-state index in [0.717, 1.165) is 5.56 Å². The van der Waals surface area contributed by atoms with Gasteiger partial charge in [0.25, 0.3) is 0 Å². The van der Waals surface area contributed by atoms with E-state index in [-0.39, 0.29) is 17.9 Å². The lowest BCUT2D eigenvalue weighted by atomic mass is 9.96. The summed E-state index contributed by atoms with van der Waals surface area (Å²) in [6.07, 6.45) is -0.600. The minimum Gasteiger partial charge on any atom is -0.489 e. The van der Waals surface area contributed by atoms with E-state index < -0.39 is 47.2 Å².